The number of carbonyl (C=O) groups is 1. The van der Waals surface area contributed by atoms with Crippen molar-refractivity contribution >= 4 is 23.7 Å². The van der Waals surface area contributed by atoms with E-state index in [1.54, 1.807) is 11.8 Å². The summed E-state index contributed by atoms with van der Waals surface area (Å²) in [6.45, 7) is 0. The van der Waals surface area contributed by atoms with Crippen molar-refractivity contribution in [1.29, 1.82) is 0 Å². The van der Waals surface area contributed by atoms with Gasteiger partial charge in [-0.1, -0.05) is 17.2 Å². The molecule has 1 heterocycles. The van der Waals surface area contributed by atoms with Gasteiger partial charge >= 0.3 is 6.01 Å². The van der Waals surface area contributed by atoms with Crippen molar-refractivity contribution in [3.63, 3.8) is 0 Å². The number of hydrogen-bond acceptors (Lipinski definition) is 5. The van der Waals surface area contributed by atoms with E-state index in [1.165, 1.54) is 4.90 Å². The van der Waals surface area contributed by atoms with Crippen LogP contribution in [0.25, 0.3) is 0 Å². The molecule has 104 valence electrons. The van der Waals surface area contributed by atoms with Crippen molar-refractivity contribution in [3.05, 3.63) is 35.7 Å². The minimum atomic E-state index is -0.0236. The Balaban J connectivity index is 1.62. The fourth-order valence-corrected chi connectivity index (χ4v) is 2.25. The summed E-state index contributed by atoms with van der Waals surface area (Å²) in [5, 5.41) is 10.4. The Hall–Kier alpha value is -1.82. The maximum absolute atomic E-state index is 11.6. The number of nitrogens with one attached hydrogen (secondary N) is 1. The van der Waals surface area contributed by atoms with Crippen molar-refractivity contribution in [2.24, 2.45) is 5.92 Å². The van der Waals surface area contributed by atoms with Gasteiger partial charge in [0, 0.05) is 10.8 Å². The average Bonchev–Trinajstić information content (AvgIpc) is 3.23. The quantitative estimate of drug-likeness (QED) is 0.857. The van der Waals surface area contributed by atoms with Gasteiger partial charge in [0.25, 0.3) is 0 Å². The zero-order valence-corrected chi connectivity index (χ0v) is 11.9. The lowest BCUT2D eigenvalue weighted by molar-refractivity contribution is -0.117. The lowest BCUT2D eigenvalue weighted by Gasteiger charge is -1.99. The third kappa shape index (κ3) is 3.19. The fourth-order valence-electron chi connectivity index (χ4n) is 1.85. The number of amides is 1. The summed E-state index contributed by atoms with van der Waals surface area (Å²) >= 11 is 1.70. The highest BCUT2D eigenvalue weighted by atomic mass is 32.2. The van der Waals surface area contributed by atoms with Crippen molar-refractivity contribution in [3.8, 4) is 0 Å². The zero-order valence-electron chi connectivity index (χ0n) is 11.1. The van der Waals surface area contributed by atoms with Gasteiger partial charge in [-0.05, 0) is 36.8 Å². The summed E-state index contributed by atoms with van der Waals surface area (Å²) < 4.78 is 5.43. The molecule has 0 unspecified atom stereocenters. The second-order valence-corrected chi connectivity index (χ2v) is 5.67. The number of nitrogens with zero attached hydrogens (tertiary/aromatic N) is 2. The fraction of sp³-hybridized carbons (Fsp3) is 0.357. The van der Waals surface area contributed by atoms with Crippen LogP contribution in [0.4, 0.5) is 6.01 Å². The summed E-state index contributed by atoms with van der Waals surface area (Å²) in [5.41, 5.74) is 1.10. The first kappa shape index (κ1) is 13.2. The number of hydrogen-bond donors (Lipinski definition) is 1. The van der Waals surface area contributed by atoms with Crippen LogP contribution < -0.4 is 5.32 Å². The molecule has 1 amide bonds. The Bertz CT molecular complexity index is 605. The molecule has 1 aliphatic carbocycles. The highest BCUT2D eigenvalue weighted by molar-refractivity contribution is 7.98. The van der Waals surface area contributed by atoms with Gasteiger partial charge in [-0.25, -0.2) is 0 Å². The monoisotopic (exact) mass is 289 g/mol. The van der Waals surface area contributed by atoms with Crippen LogP contribution in [0.1, 0.15) is 24.3 Å². The van der Waals surface area contributed by atoms with E-state index in [2.05, 4.69) is 27.6 Å². The number of benzene rings is 1. The maximum Gasteiger partial charge on any atom is 0.322 e. The molecule has 0 spiro atoms. The Morgan fingerprint density at radius 2 is 2.10 bits per heavy atom. The average molecular weight is 289 g/mol. The van der Waals surface area contributed by atoms with Crippen LogP contribution >= 0.6 is 11.8 Å². The van der Waals surface area contributed by atoms with Gasteiger partial charge in [0.05, 0.1) is 6.42 Å². The number of anilines is 1. The molecule has 0 atom stereocenters. The minimum Gasteiger partial charge on any atom is -0.407 e. The molecular formula is C14H15N3O2S. The predicted molar refractivity (Wildman–Crippen MR) is 76.7 cm³/mol. The standard InChI is InChI=1S/C14H15N3O2S/c1-20-11-6-2-9(3-7-11)8-12-16-17-14(19-12)15-13(18)10-4-5-10/h2-3,6-7,10H,4-5,8H2,1H3,(H,15,17,18). The van der Waals surface area contributed by atoms with Gasteiger partial charge in [-0.15, -0.1) is 16.9 Å². The van der Waals surface area contributed by atoms with Gasteiger partial charge in [0.1, 0.15) is 0 Å². The summed E-state index contributed by atoms with van der Waals surface area (Å²) in [4.78, 5) is 12.8. The maximum atomic E-state index is 11.6. The molecule has 1 aliphatic rings. The summed E-state index contributed by atoms with van der Waals surface area (Å²) in [6, 6.07) is 8.40. The lowest BCUT2D eigenvalue weighted by atomic mass is 10.1. The molecule has 1 aromatic heterocycles. The topological polar surface area (TPSA) is 68.0 Å². The first-order chi connectivity index (χ1) is 9.74. The molecule has 1 fully saturated rings. The number of thioether (sulfide) groups is 1. The van der Waals surface area contributed by atoms with Crippen molar-refractivity contribution in [2.75, 3.05) is 11.6 Å². The summed E-state index contributed by atoms with van der Waals surface area (Å²) in [7, 11) is 0. The van der Waals surface area contributed by atoms with E-state index in [9.17, 15) is 4.79 Å². The molecule has 0 radical (unpaired) electrons. The van der Waals surface area contributed by atoms with Crippen LogP contribution in [0.15, 0.2) is 33.6 Å². The van der Waals surface area contributed by atoms with E-state index in [4.69, 9.17) is 4.42 Å². The molecule has 20 heavy (non-hydrogen) atoms. The zero-order chi connectivity index (χ0) is 13.9. The van der Waals surface area contributed by atoms with Crippen LogP contribution in [0.3, 0.4) is 0 Å². The molecule has 0 saturated heterocycles. The molecule has 1 N–H and O–H groups in total. The normalized spacial score (nSPS) is 14.2. The van der Waals surface area contributed by atoms with Gasteiger partial charge in [-0.2, -0.15) is 0 Å². The third-order valence-corrected chi connectivity index (χ3v) is 3.90. The van der Waals surface area contributed by atoms with Crippen molar-refractivity contribution in [1.82, 2.24) is 10.2 Å². The third-order valence-electron chi connectivity index (χ3n) is 3.16. The molecular weight excluding hydrogens is 274 g/mol. The van der Waals surface area contributed by atoms with E-state index >= 15 is 0 Å². The Morgan fingerprint density at radius 1 is 1.35 bits per heavy atom. The highest BCUT2D eigenvalue weighted by Gasteiger charge is 2.30. The van der Waals surface area contributed by atoms with Crippen LogP contribution in [-0.2, 0) is 11.2 Å². The second-order valence-electron chi connectivity index (χ2n) is 4.79. The van der Waals surface area contributed by atoms with Crippen molar-refractivity contribution < 1.29 is 9.21 Å². The summed E-state index contributed by atoms with van der Waals surface area (Å²) in [6.07, 6.45) is 4.52. The van der Waals surface area contributed by atoms with Crippen LogP contribution in [0.2, 0.25) is 0 Å². The summed E-state index contributed by atoms with van der Waals surface area (Å²) in [5.74, 6) is 0.613. The second kappa shape index (κ2) is 5.66. The minimum absolute atomic E-state index is 0.0236. The molecule has 5 nitrogen and oxygen atoms in total. The number of aromatic nitrogens is 2. The molecule has 0 bridgehead atoms. The molecule has 1 aromatic carbocycles. The van der Waals surface area contributed by atoms with Crippen LogP contribution in [0.5, 0.6) is 0 Å². The first-order valence-electron chi connectivity index (χ1n) is 6.51. The largest absolute Gasteiger partial charge is 0.407 e. The van der Waals surface area contributed by atoms with E-state index in [-0.39, 0.29) is 17.8 Å². The lowest BCUT2D eigenvalue weighted by Crippen LogP contribution is -2.13. The van der Waals surface area contributed by atoms with Crippen LogP contribution in [0, 0.1) is 5.92 Å². The van der Waals surface area contributed by atoms with E-state index < -0.39 is 0 Å². The Labute approximate surface area is 121 Å². The highest BCUT2D eigenvalue weighted by Crippen LogP contribution is 2.30. The Morgan fingerprint density at radius 3 is 2.75 bits per heavy atom. The van der Waals surface area contributed by atoms with Crippen molar-refractivity contribution in [2.45, 2.75) is 24.2 Å². The molecule has 0 aliphatic heterocycles. The molecule has 6 heteroatoms. The Kier molecular flexibility index (Phi) is 3.73. The number of rotatable bonds is 5. The van der Waals surface area contributed by atoms with Crippen LogP contribution in [-0.4, -0.2) is 22.4 Å². The van der Waals surface area contributed by atoms with Gasteiger partial charge < -0.3 is 4.42 Å². The van der Waals surface area contributed by atoms with Gasteiger partial charge in [-0.3, -0.25) is 10.1 Å². The molecule has 3 rings (SSSR count). The molecule has 1 saturated carbocycles. The number of carbonyl (C=O) groups excluding carboxylic acids is 1. The first-order valence-corrected chi connectivity index (χ1v) is 7.73. The van der Waals surface area contributed by atoms with Gasteiger partial charge in [0.15, 0.2) is 0 Å². The smallest absolute Gasteiger partial charge is 0.322 e. The van der Waals surface area contributed by atoms with E-state index in [0.717, 1.165) is 18.4 Å². The SMILES string of the molecule is CSc1ccc(Cc2nnc(NC(=O)C3CC3)o2)cc1. The predicted octanol–water partition coefficient (Wildman–Crippen LogP) is 2.73. The van der Waals surface area contributed by atoms with E-state index in [0.29, 0.717) is 12.3 Å². The molecule has 2 aromatic rings. The van der Waals surface area contributed by atoms with Gasteiger partial charge in [0.2, 0.25) is 11.8 Å². The van der Waals surface area contributed by atoms with E-state index in [1.807, 2.05) is 18.4 Å².